The minimum Gasteiger partial charge on any atom is -0.488 e. The smallest absolute Gasteiger partial charge is 0.309 e. The van der Waals surface area contributed by atoms with Crippen LogP contribution in [0.25, 0.3) is 11.3 Å². The Bertz CT molecular complexity index is 1290. The van der Waals surface area contributed by atoms with Gasteiger partial charge < -0.3 is 19.3 Å². The van der Waals surface area contributed by atoms with Gasteiger partial charge >= 0.3 is 5.97 Å². The Balaban J connectivity index is 1.29. The van der Waals surface area contributed by atoms with Gasteiger partial charge in [0.05, 0.1) is 18.7 Å². The van der Waals surface area contributed by atoms with Crippen molar-refractivity contribution in [3.05, 3.63) is 64.0 Å². The Kier molecular flexibility index (Phi) is 8.57. The van der Waals surface area contributed by atoms with E-state index in [2.05, 4.69) is 79.4 Å². The normalized spacial score (nSPS) is 20.5. The predicted octanol–water partition coefficient (Wildman–Crippen LogP) is 6.48. The Morgan fingerprint density at radius 1 is 1.13 bits per heavy atom. The van der Waals surface area contributed by atoms with Crippen molar-refractivity contribution in [1.82, 2.24) is 9.88 Å². The van der Waals surface area contributed by atoms with E-state index in [1.54, 1.807) is 11.3 Å². The molecule has 2 fully saturated rings. The number of nitrogens with zero attached hydrogens (tertiary/aromatic N) is 3. The van der Waals surface area contributed by atoms with Gasteiger partial charge in [0.2, 0.25) is 0 Å². The molecule has 1 aromatic heterocycles. The number of esters is 1. The van der Waals surface area contributed by atoms with E-state index in [1.165, 1.54) is 29.4 Å². The quantitative estimate of drug-likeness (QED) is 0.271. The highest BCUT2D eigenvalue weighted by molar-refractivity contribution is 7.14. The number of fused-ring (bicyclic) bond motifs is 2. The number of ether oxygens (including phenoxy) is 2. The molecule has 1 aliphatic heterocycles. The molecule has 3 aromatic rings. The number of carbonyl (C=O) groups is 1. The maximum absolute atomic E-state index is 12.3. The lowest BCUT2D eigenvalue weighted by atomic mass is 9.85. The molecule has 2 aliphatic rings. The molecule has 7 heteroatoms. The van der Waals surface area contributed by atoms with Crippen LogP contribution in [0.1, 0.15) is 48.4 Å². The number of anilines is 1. The van der Waals surface area contributed by atoms with E-state index in [0.717, 1.165) is 67.6 Å². The molecule has 0 spiro atoms. The average molecular weight is 548 g/mol. The Morgan fingerprint density at radius 3 is 2.59 bits per heavy atom. The van der Waals surface area contributed by atoms with Crippen molar-refractivity contribution in [2.24, 2.45) is 17.8 Å². The van der Waals surface area contributed by atoms with E-state index in [4.69, 9.17) is 14.5 Å². The lowest BCUT2D eigenvalue weighted by Crippen LogP contribution is -2.45. The summed E-state index contributed by atoms with van der Waals surface area (Å²) in [6.07, 6.45) is 3.34. The number of carbonyl (C=O) groups excluding carboxylic acids is 1. The summed E-state index contributed by atoms with van der Waals surface area (Å²) in [7, 11) is 3.68. The third-order valence-electron chi connectivity index (χ3n) is 8.33. The van der Waals surface area contributed by atoms with Gasteiger partial charge in [-0.1, -0.05) is 36.8 Å². The van der Waals surface area contributed by atoms with Crippen LogP contribution in [0.5, 0.6) is 5.75 Å². The van der Waals surface area contributed by atoms with Gasteiger partial charge in [-0.2, -0.15) is 0 Å². The first-order valence-corrected chi connectivity index (χ1v) is 15.0. The second kappa shape index (κ2) is 12.1. The fraction of sp³-hybridized carbons (Fsp3) is 0.500. The Morgan fingerprint density at radius 2 is 1.90 bits per heavy atom. The molecule has 6 nitrogen and oxygen atoms in total. The first-order valence-electron chi connectivity index (χ1n) is 14.1. The van der Waals surface area contributed by atoms with Crippen LogP contribution in [0.4, 0.5) is 5.13 Å². The van der Waals surface area contributed by atoms with Crippen LogP contribution in [0.3, 0.4) is 0 Å². The first-order chi connectivity index (χ1) is 18.9. The fourth-order valence-corrected chi connectivity index (χ4v) is 7.19. The van der Waals surface area contributed by atoms with Crippen molar-refractivity contribution in [2.45, 2.75) is 53.2 Å². The number of aromatic nitrogens is 1. The molecule has 1 aliphatic carbocycles. The van der Waals surface area contributed by atoms with Crippen LogP contribution in [0.15, 0.2) is 41.8 Å². The highest BCUT2D eigenvalue weighted by Gasteiger charge is 2.47. The first kappa shape index (κ1) is 27.7. The molecule has 208 valence electrons. The summed E-state index contributed by atoms with van der Waals surface area (Å²) >= 11 is 1.68. The summed E-state index contributed by atoms with van der Waals surface area (Å²) in [6.45, 7) is 10.8. The maximum Gasteiger partial charge on any atom is 0.309 e. The molecule has 5 rings (SSSR count). The molecule has 2 atom stereocenters. The van der Waals surface area contributed by atoms with Crippen LogP contribution in [0.2, 0.25) is 0 Å². The zero-order chi connectivity index (χ0) is 27.5. The summed E-state index contributed by atoms with van der Waals surface area (Å²) < 4.78 is 11.5. The van der Waals surface area contributed by atoms with Crippen LogP contribution in [-0.4, -0.2) is 49.6 Å². The molecule has 0 radical (unpaired) electrons. The minimum absolute atomic E-state index is 0.0391. The van der Waals surface area contributed by atoms with Gasteiger partial charge in [0.15, 0.2) is 5.13 Å². The van der Waals surface area contributed by atoms with Crippen LogP contribution < -0.4 is 9.64 Å². The van der Waals surface area contributed by atoms with Crippen LogP contribution >= 0.6 is 11.3 Å². The largest absolute Gasteiger partial charge is 0.488 e. The molecule has 2 unspecified atom stereocenters. The average Bonchev–Trinajstić information content (AvgIpc) is 3.51. The highest BCUT2D eigenvalue weighted by atomic mass is 32.1. The number of hydrogen-bond donors (Lipinski definition) is 0. The minimum atomic E-state index is -0.0442. The predicted molar refractivity (Wildman–Crippen MR) is 158 cm³/mol. The number of thiazole rings is 1. The highest BCUT2D eigenvalue weighted by Crippen LogP contribution is 2.45. The van der Waals surface area contributed by atoms with E-state index in [9.17, 15) is 4.79 Å². The molecule has 1 saturated heterocycles. The standard InChI is InChI=1S/C32H41N3O3S/c1-6-13-34(4)16-23-8-9-26(22(3)15-23)19-38-29-12-7-21(2)14-27(29)28-20-39-32(33-28)35-17-24-10-11-25(18-35)30(24)31(36)37-5/h7-9,12,14-15,20,24-25,30H,6,10-11,13,16-19H2,1-5H3. The number of hydrogen-bond acceptors (Lipinski definition) is 7. The summed E-state index contributed by atoms with van der Waals surface area (Å²) in [5, 5.41) is 3.16. The second-order valence-electron chi connectivity index (χ2n) is 11.4. The number of benzene rings is 2. The van der Waals surface area contributed by atoms with Crippen molar-refractivity contribution in [3.8, 4) is 17.0 Å². The maximum atomic E-state index is 12.3. The molecular formula is C32H41N3O3S. The molecule has 0 N–H and O–H groups in total. The van der Waals surface area contributed by atoms with Crippen molar-refractivity contribution in [3.63, 3.8) is 0 Å². The van der Waals surface area contributed by atoms with Gasteiger partial charge in [0, 0.05) is 30.6 Å². The topological polar surface area (TPSA) is 54.9 Å². The molecule has 2 heterocycles. The monoisotopic (exact) mass is 547 g/mol. The van der Waals surface area contributed by atoms with Gasteiger partial charge in [-0.05, 0) is 87.4 Å². The lowest BCUT2D eigenvalue weighted by molar-refractivity contribution is -0.148. The van der Waals surface area contributed by atoms with Crippen molar-refractivity contribution in [2.75, 3.05) is 38.7 Å². The lowest BCUT2D eigenvalue weighted by Gasteiger charge is -2.36. The van der Waals surface area contributed by atoms with Crippen molar-refractivity contribution >= 4 is 22.4 Å². The van der Waals surface area contributed by atoms with Gasteiger partial charge in [-0.15, -0.1) is 11.3 Å². The summed E-state index contributed by atoms with van der Waals surface area (Å²) in [4.78, 5) is 22.1. The van der Waals surface area contributed by atoms with Gasteiger partial charge in [-0.3, -0.25) is 4.79 Å². The van der Waals surface area contributed by atoms with E-state index in [1.807, 2.05) is 0 Å². The molecule has 2 aromatic carbocycles. The van der Waals surface area contributed by atoms with Gasteiger partial charge in [0.1, 0.15) is 12.4 Å². The second-order valence-corrected chi connectivity index (χ2v) is 12.2. The van der Waals surface area contributed by atoms with E-state index in [0.29, 0.717) is 18.4 Å². The van der Waals surface area contributed by atoms with Crippen LogP contribution in [-0.2, 0) is 22.7 Å². The van der Waals surface area contributed by atoms with Crippen molar-refractivity contribution < 1.29 is 14.3 Å². The number of rotatable bonds is 10. The number of aryl methyl sites for hydroxylation is 2. The fourth-order valence-electron chi connectivity index (χ4n) is 6.35. The van der Waals surface area contributed by atoms with E-state index < -0.39 is 0 Å². The summed E-state index contributed by atoms with van der Waals surface area (Å²) in [5.41, 5.74) is 6.95. The zero-order valence-electron chi connectivity index (χ0n) is 23.9. The molecule has 1 saturated carbocycles. The summed E-state index contributed by atoms with van der Waals surface area (Å²) in [5.74, 6) is 1.55. The van der Waals surface area contributed by atoms with Crippen LogP contribution in [0, 0.1) is 31.6 Å². The summed E-state index contributed by atoms with van der Waals surface area (Å²) in [6, 6.07) is 13.0. The van der Waals surface area contributed by atoms with E-state index in [-0.39, 0.29) is 11.9 Å². The van der Waals surface area contributed by atoms with Crippen molar-refractivity contribution in [1.29, 1.82) is 0 Å². The van der Waals surface area contributed by atoms with Gasteiger partial charge in [0.25, 0.3) is 0 Å². The van der Waals surface area contributed by atoms with Gasteiger partial charge in [-0.25, -0.2) is 4.98 Å². The molecule has 39 heavy (non-hydrogen) atoms. The third-order valence-corrected chi connectivity index (χ3v) is 9.23. The number of methoxy groups -OCH3 is 1. The Labute approximate surface area is 237 Å². The molecular weight excluding hydrogens is 506 g/mol. The van der Waals surface area contributed by atoms with E-state index >= 15 is 0 Å². The molecule has 2 bridgehead atoms. The number of piperidine rings is 1. The zero-order valence-corrected chi connectivity index (χ0v) is 24.7. The Hall–Kier alpha value is -2.90. The SMILES string of the molecule is CCCN(C)Cc1ccc(COc2ccc(C)cc2-c2csc(N3CC4CCC(C3)C4C(=O)OC)n2)c(C)c1. The third kappa shape index (κ3) is 6.15. The molecule has 0 amide bonds.